The molecule has 8 nitrogen and oxygen atoms in total. The van der Waals surface area contributed by atoms with Crippen molar-refractivity contribution >= 4 is 16.1 Å². The average molecular weight is 357 g/mol. The lowest BCUT2D eigenvalue weighted by Crippen LogP contribution is -2.54. The molecule has 2 rings (SSSR count). The van der Waals surface area contributed by atoms with Crippen molar-refractivity contribution in [3.63, 3.8) is 0 Å². The van der Waals surface area contributed by atoms with Crippen LogP contribution < -0.4 is 0 Å². The first-order chi connectivity index (χ1) is 11.4. The van der Waals surface area contributed by atoms with Gasteiger partial charge in [-0.3, -0.25) is 9.69 Å². The van der Waals surface area contributed by atoms with Gasteiger partial charge in [-0.1, -0.05) is 0 Å². The van der Waals surface area contributed by atoms with Gasteiger partial charge in [0.25, 0.3) is 10.2 Å². The summed E-state index contributed by atoms with van der Waals surface area (Å²) in [7, 11) is -2.01. The van der Waals surface area contributed by atoms with Gasteiger partial charge in [-0.2, -0.15) is 22.3 Å². The van der Waals surface area contributed by atoms with Gasteiger partial charge in [0.05, 0.1) is 12.6 Å². The van der Waals surface area contributed by atoms with Gasteiger partial charge in [-0.05, 0) is 19.3 Å². The summed E-state index contributed by atoms with van der Waals surface area (Å²) in [6.07, 6.45) is 3.53. The molecule has 0 N–H and O–H groups in total. The molecule has 0 aromatic heterocycles. The highest BCUT2D eigenvalue weighted by atomic mass is 32.2. The summed E-state index contributed by atoms with van der Waals surface area (Å²) in [5.74, 6) is 0.150. The second-order valence-corrected chi connectivity index (χ2v) is 8.39. The predicted molar refractivity (Wildman–Crippen MR) is 90.2 cm³/mol. The molecule has 2 aliphatic heterocycles. The Hall–Kier alpha value is -1.21. The maximum absolute atomic E-state index is 12.4. The van der Waals surface area contributed by atoms with Crippen LogP contribution in [0.15, 0.2) is 0 Å². The lowest BCUT2D eigenvalue weighted by atomic mass is 10.1. The highest BCUT2D eigenvalue weighted by Crippen LogP contribution is 2.13. The van der Waals surface area contributed by atoms with E-state index in [9.17, 15) is 13.2 Å². The molecular weight excluding hydrogens is 330 g/mol. The Morgan fingerprint density at radius 2 is 1.71 bits per heavy atom. The van der Waals surface area contributed by atoms with E-state index < -0.39 is 10.2 Å². The Bertz CT molecular complexity index is 560. The molecule has 9 heteroatoms. The first-order valence-electron chi connectivity index (χ1n) is 8.53. The van der Waals surface area contributed by atoms with Gasteiger partial charge in [-0.25, -0.2) is 0 Å². The fraction of sp³-hybridized carbons (Fsp3) is 0.867. The van der Waals surface area contributed by atoms with Gasteiger partial charge in [-0.15, -0.1) is 0 Å². The Kier molecular flexibility index (Phi) is 6.98. The summed E-state index contributed by atoms with van der Waals surface area (Å²) in [5, 5.41) is 8.59. The molecule has 2 aliphatic rings. The number of carbonyl (C=O) groups is 1. The molecule has 136 valence electrons. The molecule has 2 saturated heterocycles. The number of hydrogen-bond acceptors (Lipinski definition) is 5. The number of carbonyl (C=O) groups excluding carboxylic acids is 1. The Balaban J connectivity index is 1.80. The average Bonchev–Trinajstić information content (AvgIpc) is 2.60. The SMILES string of the molecule is CN(CCC#N)S(=O)(=O)N1CCN(CC(=O)N2CCCCC2)CC1. The van der Waals surface area contributed by atoms with E-state index in [1.54, 1.807) is 0 Å². The van der Waals surface area contributed by atoms with E-state index in [0.29, 0.717) is 32.7 Å². The summed E-state index contributed by atoms with van der Waals surface area (Å²) in [4.78, 5) is 16.2. The third-order valence-electron chi connectivity index (χ3n) is 4.66. The molecule has 0 bridgehead atoms. The van der Waals surface area contributed by atoms with Crippen molar-refractivity contribution in [2.75, 3.05) is 59.4 Å². The summed E-state index contributed by atoms with van der Waals surface area (Å²) in [6, 6.07) is 1.96. The number of hydrogen-bond donors (Lipinski definition) is 0. The van der Waals surface area contributed by atoms with Crippen LogP contribution in [0.3, 0.4) is 0 Å². The van der Waals surface area contributed by atoms with Crippen LogP contribution in [0.1, 0.15) is 25.7 Å². The molecule has 0 aliphatic carbocycles. The first kappa shape index (κ1) is 19.1. The van der Waals surface area contributed by atoms with E-state index in [1.807, 2.05) is 15.9 Å². The number of likely N-dealkylation sites (tertiary alicyclic amines) is 1. The Morgan fingerprint density at radius 1 is 1.08 bits per heavy atom. The third-order valence-corrected chi connectivity index (χ3v) is 6.65. The predicted octanol–water partition coefficient (Wildman–Crippen LogP) is -0.293. The fourth-order valence-corrected chi connectivity index (χ4v) is 4.41. The molecule has 2 heterocycles. The van der Waals surface area contributed by atoms with Crippen molar-refractivity contribution < 1.29 is 13.2 Å². The largest absolute Gasteiger partial charge is 0.342 e. The summed E-state index contributed by atoms with van der Waals surface area (Å²) < 4.78 is 27.5. The highest BCUT2D eigenvalue weighted by molar-refractivity contribution is 7.86. The van der Waals surface area contributed by atoms with Crippen LogP contribution in [-0.2, 0) is 15.0 Å². The van der Waals surface area contributed by atoms with Crippen molar-refractivity contribution in [1.82, 2.24) is 18.4 Å². The second-order valence-electron chi connectivity index (χ2n) is 6.35. The van der Waals surface area contributed by atoms with Crippen molar-refractivity contribution in [1.29, 1.82) is 5.26 Å². The third kappa shape index (κ3) is 4.89. The topological polar surface area (TPSA) is 88.0 Å². The van der Waals surface area contributed by atoms with Crippen LogP contribution in [0.5, 0.6) is 0 Å². The monoisotopic (exact) mass is 357 g/mol. The smallest absolute Gasteiger partial charge is 0.281 e. The van der Waals surface area contributed by atoms with E-state index in [-0.39, 0.29) is 18.9 Å². The first-order valence-corrected chi connectivity index (χ1v) is 9.93. The molecule has 2 fully saturated rings. The zero-order chi connectivity index (χ0) is 17.6. The quantitative estimate of drug-likeness (QED) is 0.652. The standard InChI is InChI=1S/C15H27N5O3S/c1-17(7-5-6-16)24(22,23)20-12-10-18(11-13-20)14-15(21)19-8-3-2-4-9-19/h2-5,7-14H2,1H3. The number of rotatable bonds is 6. The molecule has 0 unspecified atom stereocenters. The molecular formula is C15H27N5O3S. The van der Waals surface area contributed by atoms with E-state index in [0.717, 1.165) is 25.9 Å². The van der Waals surface area contributed by atoms with Gasteiger partial charge >= 0.3 is 0 Å². The maximum atomic E-state index is 12.4. The van der Waals surface area contributed by atoms with Gasteiger partial charge < -0.3 is 4.90 Å². The van der Waals surface area contributed by atoms with Crippen LogP contribution in [0.25, 0.3) is 0 Å². The number of nitrogens with zero attached hydrogens (tertiary/aromatic N) is 5. The summed E-state index contributed by atoms with van der Waals surface area (Å²) in [5.41, 5.74) is 0. The van der Waals surface area contributed by atoms with E-state index in [4.69, 9.17) is 5.26 Å². The normalized spacial score (nSPS) is 21.0. The molecule has 0 atom stereocenters. The number of nitriles is 1. The van der Waals surface area contributed by atoms with Crippen molar-refractivity contribution in [3.8, 4) is 6.07 Å². The van der Waals surface area contributed by atoms with Crippen molar-refractivity contribution in [2.45, 2.75) is 25.7 Å². The van der Waals surface area contributed by atoms with Crippen LogP contribution in [0, 0.1) is 11.3 Å². The molecule has 0 aromatic rings. The zero-order valence-electron chi connectivity index (χ0n) is 14.4. The highest BCUT2D eigenvalue weighted by Gasteiger charge is 2.31. The van der Waals surface area contributed by atoms with Crippen molar-refractivity contribution in [2.24, 2.45) is 0 Å². The fourth-order valence-electron chi connectivity index (χ4n) is 3.07. The van der Waals surface area contributed by atoms with Gasteiger partial charge in [0, 0.05) is 59.3 Å². The lowest BCUT2D eigenvalue weighted by Gasteiger charge is -2.36. The molecule has 24 heavy (non-hydrogen) atoms. The maximum Gasteiger partial charge on any atom is 0.281 e. The summed E-state index contributed by atoms with van der Waals surface area (Å²) in [6.45, 7) is 4.15. The van der Waals surface area contributed by atoms with E-state index in [1.165, 1.54) is 22.1 Å². The molecule has 0 radical (unpaired) electrons. The van der Waals surface area contributed by atoms with Crippen LogP contribution >= 0.6 is 0 Å². The number of piperidine rings is 1. The van der Waals surface area contributed by atoms with Gasteiger partial charge in [0.1, 0.15) is 0 Å². The number of amides is 1. The van der Waals surface area contributed by atoms with Crippen LogP contribution in [-0.4, -0.2) is 92.1 Å². The molecule has 0 spiro atoms. The Labute approximate surface area is 144 Å². The lowest BCUT2D eigenvalue weighted by molar-refractivity contribution is -0.133. The minimum atomic E-state index is -3.51. The molecule has 0 saturated carbocycles. The van der Waals surface area contributed by atoms with Crippen LogP contribution in [0.2, 0.25) is 0 Å². The van der Waals surface area contributed by atoms with Crippen LogP contribution in [0.4, 0.5) is 0 Å². The number of piperazine rings is 1. The van der Waals surface area contributed by atoms with E-state index >= 15 is 0 Å². The minimum absolute atomic E-state index is 0.150. The van der Waals surface area contributed by atoms with Crippen molar-refractivity contribution in [3.05, 3.63) is 0 Å². The molecule has 0 aromatic carbocycles. The molecule has 1 amide bonds. The minimum Gasteiger partial charge on any atom is -0.342 e. The van der Waals surface area contributed by atoms with Gasteiger partial charge in [0.2, 0.25) is 5.91 Å². The Morgan fingerprint density at radius 3 is 2.29 bits per heavy atom. The van der Waals surface area contributed by atoms with E-state index in [2.05, 4.69) is 0 Å². The second kappa shape index (κ2) is 8.76. The summed E-state index contributed by atoms with van der Waals surface area (Å²) >= 11 is 0. The van der Waals surface area contributed by atoms with Gasteiger partial charge in [0.15, 0.2) is 0 Å². The zero-order valence-corrected chi connectivity index (χ0v) is 15.2.